The molecule has 2 aromatic rings. The zero-order chi connectivity index (χ0) is 12.7. The number of aromatic nitrogens is 1. The summed E-state index contributed by atoms with van der Waals surface area (Å²) in [5.41, 5.74) is 6.26. The Kier molecular flexibility index (Phi) is 2.89. The van der Waals surface area contributed by atoms with Gasteiger partial charge in [-0.2, -0.15) is 0 Å². The van der Waals surface area contributed by atoms with E-state index in [9.17, 15) is 5.11 Å². The maximum absolute atomic E-state index is 10.3. The van der Waals surface area contributed by atoms with Gasteiger partial charge in [0.05, 0.1) is 9.35 Å². The van der Waals surface area contributed by atoms with E-state index >= 15 is 0 Å². The number of benzene rings is 1. The third-order valence-electron chi connectivity index (χ3n) is 2.58. The Labute approximate surface area is 115 Å². The first kappa shape index (κ1) is 11.8. The van der Waals surface area contributed by atoms with E-state index in [0.717, 1.165) is 4.47 Å². The van der Waals surface area contributed by atoms with Crippen LogP contribution in [0.5, 0.6) is 11.5 Å². The fourth-order valence-corrected chi connectivity index (χ4v) is 3.01. The lowest BCUT2D eigenvalue weighted by Gasteiger charge is -2.10. The zero-order valence-corrected chi connectivity index (χ0v) is 11.5. The van der Waals surface area contributed by atoms with Gasteiger partial charge in [-0.15, -0.1) is 0 Å². The predicted molar refractivity (Wildman–Crippen MR) is 70.9 cm³/mol. The van der Waals surface area contributed by atoms with Crippen molar-refractivity contribution in [2.45, 2.75) is 6.10 Å². The fraction of sp³-hybridized carbons (Fsp3) is 0.182. The van der Waals surface area contributed by atoms with Crippen LogP contribution in [0, 0.1) is 0 Å². The van der Waals surface area contributed by atoms with Crippen LogP contribution >= 0.6 is 27.3 Å². The Morgan fingerprint density at radius 2 is 2.28 bits per heavy atom. The van der Waals surface area contributed by atoms with E-state index in [4.69, 9.17) is 15.2 Å². The normalized spacial score (nSPS) is 14.8. The van der Waals surface area contributed by atoms with Gasteiger partial charge < -0.3 is 20.3 Å². The molecule has 0 fully saturated rings. The monoisotopic (exact) mass is 328 g/mol. The maximum atomic E-state index is 10.3. The highest BCUT2D eigenvalue weighted by molar-refractivity contribution is 9.10. The molecule has 1 aliphatic heterocycles. The standard InChI is InChI=1S/C11H9BrN2O3S/c12-6-1-5(2-7-10(6)17-4-16-7)9(15)8-3-14-11(13)18-8/h1-3,9,15H,4H2,(H2,13,14). The second-order valence-electron chi connectivity index (χ2n) is 3.74. The highest BCUT2D eigenvalue weighted by Gasteiger charge is 2.22. The fourth-order valence-electron chi connectivity index (χ4n) is 1.74. The average Bonchev–Trinajstić information content (AvgIpc) is 2.96. The van der Waals surface area contributed by atoms with Crippen LogP contribution in [-0.2, 0) is 0 Å². The van der Waals surface area contributed by atoms with Crippen LogP contribution in [0.3, 0.4) is 0 Å². The zero-order valence-electron chi connectivity index (χ0n) is 9.09. The Morgan fingerprint density at radius 1 is 1.44 bits per heavy atom. The molecule has 3 rings (SSSR count). The van der Waals surface area contributed by atoms with Crippen molar-refractivity contribution in [3.63, 3.8) is 0 Å². The number of hydrogen-bond donors (Lipinski definition) is 2. The number of nitrogen functional groups attached to an aromatic ring is 1. The summed E-state index contributed by atoms with van der Waals surface area (Å²) in [4.78, 5) is 4.62. The largest absolute Gasteiger partial charge is 0.454 e. The van der Waals surface area contributed by atoms with E-state index in [1.807, 2.05) is 0 Å². The van der Waals surface area contributed by atoms with E-state index in [1.165, 1.54) is 11.3 Å². The molecule has 0 saturated heterocycles. The van der Waals surface area contributed by atoms with E-state index in [0.29, 0.717) is 27.1 Å². The van der Waals surface area contributed by atoms with E-state index < -0.39 is 6.10 Å². The Morgan fingerprint density at radius 3 is 3.00 bits per heavy atom. The number of halogens is 1. The molecule has 18 heavy (non-hydrogen) atoms. The summed E-state index contributed by atoms with van der Waals surface area (Å²) in [5, 5.41) is 10.7. The lowest BCUT2D eigenvalue weighted by atomic mass is 10.1. The molecule has 0 saturated carbocycles. The second kappa shape index (κ2) is 4.42. The minimum absolute atomic E-state index is 0.195. The maximum Gasteiger partial charge on any atom is 0.231 e. The number of aliphatic hydroxyl groups is 1. The van der Waals surface area contributed by atoms with Gasteiger partial charge in [0.2, 0.25) is 6.79 Å². The van der Waals surface area contributed by atoms with Crippen molar-refractivity contribution in [1.29, 1.82) is 0 Å². The summed E-state index contributed by atoms with van der Waals surface area (Å²) >= 11 is 4.65. The minimum atomic E-state index is -0.773. The minimum Gasteiger partial charge on any atom is -0.454 e. The number of anilines is 1. The Balaban J connectivity index is 2.00. The molecule has 0 amide bonds. The topological polar surface area (TPSA) is 77.6 Å². The number of thiazole rings is 1. The molecule has 0 spiro atoms. The van der Waals surface area contributed by atoms with Gasteiger partial charge in [0.25, 0.3) is 0 Å². The number of hydrogen-bond acceptors (Lipinski definition) is 6. The smallest absolute Gasteiger partial charge is 0.231 e. The van der Waals surface area contributed by atoms with Crippen LogP contribution in [0.2, 0.25) is 0 Å². The van der Waals surface area contributed by atoms with E-state index in [2.05, 4.69) is 20.9 Å². The molecular weight excluding hydrogens is 320 g/mol. The van der Waals surface area contributed by atoms with Gasteiger partial charge in [-0.25, -0.2) is 4.98 Å². The lowest BCUT2D eigenvalue weighted by molar-refractivity contribution is 0.173. The molecule has 1 atom stereocenters. The number of ether oxygens (including phenoxy) is 2. The van der Waals surface area contributed by atoms with Gasteiger partial charge >= 0.3 is 0 Å². The third kappa shape index (κ3) is 1.94. The molecule has 0 radical (unpaired) electrons. The first-order valence-corrected chi connectivity index (χ1v) is 6.74. The summed E-state index contributed by atoms with van der Waals surface area (Å²) in [6.45, 7) is 0.195. The van der Waals surface area contributed by atoms with Crippen LogP contribution in [-0.4, -0.2) is 16.9 Å². The number of nitrogens with zero attached hydrogens (tertiary/aromatic N) is 1. The first-order valence-electron chi connectivity index (χ1n) is 5.13. The van der Waals surface area contributed by atoms with Crippen molar-refractivity contribution in [2.24, 2.45) is 0 Å². The number of rotatable bonds is 2. The summed E-state index contributed by atoms with van der Waals surface area (Å²) in [6, 6.07) is 3.56. The summed E-state index contributed by atoms with van der Waals surface area (Å²) in [6.07, 6.45) is 0.800. The number of fused-ring (bicyclic) bond motifs is 1. The van der Waals surface area contributed by atoms with Gasteiger partial charge in [0, 0.05) is 6.20 Å². The Bertz CT molecular complexity index is 602. The lowest BCUT2D eigenvalue weighted by Crippen LogP contribution is -1.97. The molecule has 1 unspecified atom stereocenters. The molecule has 7 heteroatoms. The van der Waals surface area contributed by atoms with Gasteiger partial charge in [-0.1, -0.05) is 11.3 Å². The molecular formula is C11H9BrN2O3S. The number of aliphatic hydroxyl groups excluding tert-OH is 1. The van der Waals surface area contributed by atoms with Crippen molar-refractivity contribution in [2.75, 3.05) is 12.5 Å². The molecule has 5 nitrogen and oxygen atoms in total. The SMILES string of the molecule is Nc1ncc(C(O)c2cc(Br)c3c(c2)OCO3)s1. The quantitative estimate of drug-likeness (QED) is 0.884. The summed E-state index contributed by atoms with van der Waals surface area (Å²) < 4.78 is 11.4. The van der Waals surface area contributed by atoms with Crippen molar-refractivity contribution in [1.82, 2.24) is 4.98 Å². The second-order valence-corrected chi connectivity index (χ2v) is 5.69. The predicted octanol–water partition coefficient (Wildman–Crippen LogP) is 2.30. The van der Waals surface area contributed by atoms with Gasteiger partial charge in [0.15, 0.2) is 16.6 Å². The van der Waals surface area contributed by atoms with Crippen LogP contribution in [0.25, 0.3) is 0 Å². The molecule has 3 N–H and O–H groups in total. The molecule has 2 heterocycles. The van der Waals surface area contributed by atoms with Crippen LogP contribution in [0.15, 0.2) is 22.8 Å². The molecule has 1 aliphatic rings. The number of nitrogens with two attached hydrogens (primary N) is 1. The highest BCUT2D eigenvalue weighted by Crippen LogP contribution is 2.42. The van der Waals surface area contributed by atoms with Gasteiger partial charge in [-0.3, -0.25) is 0 Å². The van der Waals surface area contributed by atoms with E-state index in [-0.39, 0.29) is 6.79 Å². The molecule has 0 bridgehead atoms. The summed E-state index contributed by atoms with van der Waals surface area (Å²) in [5.74, 6) is 1.28. The van der Waals surface area contributed by atoms with Gasteiger partial charge in [-0.05, 0) is 33.6 Å². The van der Waals surface area contributed by atoms with Crippen LogP contribution in [0.1, 0.15) is 16.5 Å². The molecule has 0 aliphatic carbocycles. The van der Waals surface area contributed by atoms with Crippen molar-refractivity contribution in [3.8, 4) is 11.5 Å². The van der Waals surface area contributed by atoms with Crippen LogP contribution in [0.4, 0.5) is 5.13 Å². The molecule has 94 valence electrons. The highest BCUT2D eigenvalue weighted by atomic mass is 79.9. The van der Waals surface area contributed by atoms with Crippen molar-refractivity contribution >= 4 is 32.4 Å². The van der Waals surface area contributed by atoms with Crippen molar-refractivity contribution in [3.05, 3.63) is 33.2 Å². The van der Waals surface area contributed by atoms with Crippen LogP contribution < -0.4 is 15.2 Å². The average molecular weight is 329 g/mol. The van der Waals surface area contributed by atoms with Crippen molar-refractivity contribution < 1.29 is 14.6 Å². The summed E-state index contributed by atoms with van der Waals surface area (Å²) in [7, 11) is 0. The van der Waals surface area contributed by atoms with E-state index in [1.54, 1.807) is 18.3 Å². The first-order chi connectivity index (χ1) is 8.65. The third-order valence-corrected chi connectivity index (χ3v) is 4.04. The Hall–Kier alpha value is -1.31. The molecule has 1 aromatic heterocycles. The van der Waals surface area contributed by atoms with Gasteiger partial charge in [0.1, 0.15) is 6.10 Å². The molecule has 1 aromatic carbocycles.